The maximum absolute atomic E-state index is 12.4. The number of ether oxygens (including phenoxy) is 1. The van der Waals surface area contributed by atoms with E-state index in [9.17, 15) is 9.59 Å². The molecule has 0 radical (unpaired) electrons. The van der Waals surface area contributed by atoms with Gasteiger partial charge in [0.05, 0.1) is 11.1 Å². The smallest absolute Gasteiger partial charge is 0.255 e. The number of rotatable bonds is 7. The Kier molecular flexibility index (Phi) is 7.01. The number of carbonyl (C=O) groups is 2. The minimum Gasteiger partial charge on any atom is -0.492 e. The maximum Gasteiger partial charge on any atom is 0.255 e. The van der Waals surface area contributed by atoms with Crippen molar-refractivity contribution in [2.45, 2.75) is 26.7 Å². The van der Waals surface area contributed by atoms with E-state index in [1.807, 2.05) is 0 Å². The Bertz CT molecular complexity index is 762. The first kappa shape index (κ1) is 19.0. The number of carbonyl (C=O) groups excluding carboxylic acids is 2. The summed E-state index contributed by atoms with van der Waals surface area (Å²) in [5.41, 5.74) is 1.75. The van der Waals surface area contributed by atoms with Crippen LogP contribution >= 0.6 is 15.9 Å². The Balaban J connectivity index is 2.05. The molecule has 2 amide bonds. The first-order chi connectivity index (χ1) is 12.0. The van der Waals surface area contributed by atoms with Crippen LogP contribution in [-0.2, 0) is 4.79 Å². The van der Waals surface area contributed by atoms with E-state index < -0.39 is 0 Å². The summed E-state index contributed by atoms with van der Waals surface area (Å²) in [5.74, 6) is 0.324. The van der Waals surface area contributed by atoms with Crippen LogP contribution in [0, 0.1) is 0 Å². The molecule has 2 aromatic carbocycles. The van der Waals surface area contributed by atoms with Gasteiger partial charge in [0.25, 0.3) is 5.91 Å². The van der Waals surface area contributed by atoms with Crippen molar-refractivity contribution in [1.29, 1.82) is 0 Å². The normalized spacial score (nSPS) is 10.2. The molecule has 0 heterocycles. The minimum absolute atomic E-state index is 0.161. The van der Waals surface area contributed by atoms with Crippen molar-refractivity contribution in [3.63, 3.8) is 0 Å². The van der Waals surface area contributed by atoms with Gasteiger partial charge in [-0.05, 0) is 58.7 Å². The van der Waals surface area contributed by atoms with Gasteiger partial charge in [-0.25, -0.2) is 0 Å². The van der Waals surface area contributed by atoms with Gasteiger partial charge in [-0.15, -0.1) is 0 Å². The van der Waals surface area contributed by atoms with Crippen LogP contribution in [0.1, 0.15) is 37.0 Å². The molecule has 0 spiro atoms. The molecule has 0 unspecified atom stereocenters. The fraction of sp³-hybridized carbons (Fsp3) is 0.263. The van der Waals surface area contributed by atoms with E-state index in [1.165, 1.54) is 6.92 Å². The van der Waals surface area contributed by atoms with E-state index in [0.29, 0.717) is 23.5 Å². The van der Waals surface area contributed by atoms with Crippen LogP contribution in [0.4, 0.5) is 11.4 Å². The second-order valence-corrected chi connectivity index (χ2v) is 6.42. The second kappa shape index (κ2) is 9.22. The molecular weight excluding hydrogens is 384 g/mol. The minimum atomic E-state index is -0.235. The van der Waals surface area contributed by atoms with Crippen LogP contribution in [0.3, 0.4) is 0 Å². The van der Waals surface area contributed by atoms with Crippen LogP contribution in [0.5, 0.6) is 5.75 Å². The molecular formula is C19H21BrN2O3. The fourth-order valence-corrected chi connectivity index (χ4v) is 2.66. The molecule has 6 heteroatoms. The lowest BCUT2D eigenvalue weighted by atomic mass is 10.2. The van der Waals surface area contributed by atoms with Crippen molar-refractivity contribution < 1.29 is 14.3 Å². The SMILES string of the molecule is CCCCOc1ccc(C(=O)Nc2cccc(NC(C)=O)c2)cc1Br. The lowest BCUT2D eigenvalue weighted by molar-refractivity contribution is -0.114. The molecule has 0 fully saturated rings. The molecule has 2 N–H and O–H groups in total. The second-order valence-electron chi connectivity index (χ2n) is 5.56. The molecule has 0 aromatic heterocycles. The summed E-state index contributed by atoms with van der Waals surface area (Å²) in [6.07, 6.45) is 2.05. The Labute approximate surface area is 155 Å². The van der Waals surface area contributed by atoms with Gasteiger partial charge in [-0.2, -0.15) is 0 Å². The van der Waals surface area contributed by atoms with Crippen molar-refractivity contribution >= 4 is 39.1 Å². The van der Waals surface area contributed by atoms with E-state index in [1.54, 1.807) is 42.5 Å². The number of hydrogen-bond acceptors (Lipinski definition) is 3. The third-order valence-corrected chi connectivity index (χ3v) is 4.01. The fourth-order valence-electron chi connectivity index (χ4n) is 2.17. The van der Waals surface area contributed by atoms with E-state index in [-0.39, 0.29) is 11.8 Å². The molecule has 25 heavy (non-hydrogen) atoms. The van der Waals surface area contributed by atoms with Gasteiger partial charge in [0.15, 0.2) is 0 Å². The molecule has 0 aliphatic rings. The zero-order chi connectivity index (χ0) is 18.2. The summed E-state index contributed by atoms with van der Waals surface area (Å²) in [4.78, 5) is 23.5. The molecule has 2 aromatic rings. The highest BCUT2D eigenvalue weighted by molar-refractivity contribution is 9.10. The number of benzene rings is 2. The summed E-state index contributed by atoms with van der Waals surface area (Å²) in [5, 5.41) is 5.50. The molecule has 2 rings (SSSR count). The highest BCUT2D eigenvalue weighted by Gasteiger charge is 2.10. The summed E-state index contributed by atoms with van der Waals surface area (Å²) in [7, 11) is 0. The van der Waals surface area contributed by atoms with Gasteiger partial charge in [0.2, 0.25) is 5.91 Å². The first-order valence-corrected chi connectivity index (χ1v) is 8.90. The monoisotopic (exact) mass is 404 g/mol. The summed E-state index contributed by atoms with van der Waals surface area (Å²) >= 11 is 3.44. The zero-order valence-corrected chi connectivity index (χ0v) is 15.9. The van der Waals surface area contributed by atoms with Crippen LogP contribution in [0.25, 0.3) is 0 Å². The Morgan fingerprint density at radius 2 is 1.80 bits per heavy atom. The number of halogens is 1. The lowest BCUT2D eigenvalue weighted by Crippen LogP contribution is -2.12. The molecule has 5 nitrogen and oxygen atoms in total. The first-order valence-electron chi connectivity index (χ1n) is 8.11. The topological polar surface area (TPSA) is 67.4 Å². The molecule has 0 aliphatic carbocycles. The largest absolute Gasteiger partial charge is 0.492 e. The Morgan fingerprint density at radius 3 is 2.44 bits per heavy atom. The molecule has 132 valence electrons. The van der Waals surface area contributed by atoms with Crippen LogP contribution in [0.15, 0.2) is 46.9 Å². The van der Waals surface area contributed by atoms with Crippen LogP contribution in [-0.4, -0.2) is 18.4 Å². The molecule has 0 saturated heterocycles. The van der Waals surface area contributed by atoms with Crippen LogP contribution < -0.4 is 15.4 Å². The predicted octanol–water partition coefficient (Wildman–Crippen LogP) is 4.84. The van der Waals surface area contributed by atoms with Crippen molar-refractivity contribution in [3.05, 3.63) is 52.5 Å². The van der Waals surface area contributed by atoms with Gasteiger partial charge in [-0.1, -0.05) is 19.4 Å². The van der Waals surface area contributed by atoms with Crippen molar-refractivity contribution in [2.24, 2.45) is 0 Å². The predicted molar refractivity (Wildman–Crippen MR) is 103 cm³/mol. The standard InChI is InChI=1S/C19H21BrN2O3/c1-3-4-10-25-18-9-8-14(11-17(18)20)19(24)22-16-7-5-6-15(12-16)21-13(2)23/h5-9,11-12H,3-4,10H2,1-2H3,(H,21,23)(H,22,24). The van der Waals surface area contributed by atoms with Gasteiger partial charge >= 0.3 is 0 Å². The highest BCUT2D eigenvalue weighted by Crippen LogP contribution is 2.27. The average molecular weight is 405 g/mol. The number of anilines is 2. The van der Waals surface area contributed by atoms with Crippen LogP contribution in [0.2, 0.25) is 0 Å². The highest BCUT2D eigenvalue weighted by atomic mass is 79.9. The zero-order valence-electron chi connectivity index (χ0n) is 14.3. The van der Waals surface area contributed by atoms with E-state index in [0.717, 1.165) is 23.1 Å². The third-order valence-electron chi connectivity index (χ3n) is 3.39. The number of unbranched alkanes of at least 4 members (excludes halogenated alkanes) is 1. The van der Waals surface area contributed by atoms with Crippen molar-refractivity contribution in [2.75, 3.05) is 17.2 Å². The number of hydrogen-bond donors (Lipinski definition) is 2. The Hall–Kier alpha value is -2.34. The van der Waals surface area contributed by atoms with Crippen molar-refractivity contribution in [1.82, 2.24) is 0 Å². The van der Waals surface area contributed by atoms with E-state index in [2.05, 4.69) is 33.5 Å². The summed E-state index contributed by atoms with van der Waals surface area (Å²) in [6.45, 7) is 4.19. The Morgan fingerprint density at radius 1 is 1.08 bits per heavy atom. The lowest BCUT2D eigenvalue weighted by Gasteiger charge is -2.10. The van der Waals surface area contributed by atoms with Gasteiger partial charge in [0.1, 0.15) is 5.75 Å². The molecule has 0 bridgehead atoms. The van der Waals surface area contributed by atoms with Crippen molar-refractivity contribution in [3.8, 4) is 5.75 Å². The van der Waals surface area contributed by atoms with Gasteiger partial charge < -0.3 is 15.4 Å². The average Bonchev–Trinajstić information content (AvgIpc) is 2.56. The number of nitrogens with one attached hydrogen (secondary N) is 2. The van der Waals surface area contributed by atoms with E-state index >= 15 is 0 Å². The third kappa shape index (κ3) is 5.90. The molecule has 0 aliphatic heterocycles. The summed E-state index contributed by atoms with van der Waals surface area (Å²) in [6, 6.07) is 12.2. The van der Waals surface area contributed by atoms with E-state index in [4.69, 9.17) is 4.74 Å². The number of amides is 2. The summed E-state index contributed by atoms with van der Waals surface area (Å²) < 4.78 is 6.40. The van der Waals surface area contributed by atoms with Gasteiger partial charge in [0, 0.05) is 23.9 Å². The quantitative estimate of drug-likeness (QED) is 0.648. The molecule has 0 atom stereocenters. The molecule has 0 saturated carbocycles. The maximum atomic E-state index is 12.4. The van der Waals surface area contributed by atoms with Gasteiger partial charge in [-0.3, -0.25) is 9.59 Å².